The van der Waals surface area contributed by atoms with Gasteiger partial charge in [0.1, 0.15) is 5.78 Å². The average molecular weight is 646 g/mol. The molecule has 1 N–H and O–H groups in total. The van der Waals surface area contributed by atoms with E-state index in [1.165, 1.54) is 5.56 Å². The van der Waals surface area contributed by atoms with Crippen LogP contribution in [-0.4, -0.2) is 86.2 Å². The van der Waals surface area contributed by atoms with Gasteiger partial charge in [0.05, 0.1) is 32.6 Å². The summed E-state index contributed by atoms with van der Waals surface area (Å²) < 4.78 is 30.2. The van der Waals surface area contributed by atoms with Crippen molar-refractivity contribution in [3.05, 3.63) is 40.9 Å². The van der Waals surface area contributed by atoms with Crippen molar-refractivity contribution in [3.8, 4) is 0 Å². The number of rotatable bonds is 15. The van der Waals surface area contributed by atoms with Crippen molar-refractivity contribution in [2.24, 2.45) is 11.8 Å². The van der Waals surface area contributed by atoms with E-state index in [4.69, 9.17) is 9.72 Å². The molecule has 0 spiro atoms. The number of ether oxygens (including phenoxy) is 1. The van der Waals surface area contributed by atoms with E-state index in [-0.39, 0.29) is 53.8 Å². The fraction of sp³-hybridized carbons (Fsp3) is 0.636. The Bertz CT molecular complexity index is 1430. The van der Waals surface area contributed by atoms with Gasteiger partial charge in [-0.25, -0.2) is 13.4 Å². The number of ketones is 2. The Kier molecular flexibility index (Phi) is 12.3. The average Bonchev–Trinajstić information content (AvgIpc) is 3.41. The number of thiazole rings is 1. The molecule has 242 valence electrons. The first-order valence-corrected chi connectivity index (χ1v) is 18.5. The van der Waals surface area contributed by atoms with Crippen LogP contribution in [0.1, 0.15) is 75.8 Å². The Labute approximate surface area is 265 Å². The maximum absolute atomic E-state index is 13.8. The number of nitrogens with zero attached hydrogens (tertiary/aromatic N) is 2. The number of carbonyl (C=O) groups excluding carboxylic acids is 3. The van der Waals surface area contributed by atoms with Crippen molar-refractivity contribution < 1.29 is 27.5 Å². The van der Waals surface area contributed by atoms with Crippen molar-refractivity contribution >= 4 is 48.9 Å². The molecule has 4 rings (SSSR count). The zero-order valence-corrected chi connectivity index (χ0v) is 27.9. The van der Waals surface area contributed by atoms with Crippen molar-refractivity contribution in [2.45, 2.75) is 77.7 Å². The monoisotopic (exact) mass is 645 g/mol. The van der Waals surface area contributed by atoms with Crippen LogP contribution in [0, 0.1) is 11.8 Å². The van der Waals surface area contributed by atoms with E-state index in [0.717, 1.165) is 28.1 Å². The highest BCUT2D eigenvalue weighted by atomic mass is 32.2. The highest BCUT2D eigenvalue weighted by Crippen LogP contribution is 2.29. The summed E-state index contributed by atoms with van der Waals surface area (Å²) in [6.45, 7) is 12.5. The van der Waals surface area contributed by atoms with Gasteiger partial charge in [0, 0.05) is 70.1 Å². The number of hydrogen-bond donors (Lipinski definition) is 1. The molecule has 0 bridgehead atoms. The zero-order chi connectivity index (χ0) is 31.9. The Morgan fingerprint density at radius 1 is 1.16 bits per heavy atom. The number of hydrogen-bond acceptors (Lipinski definition) is 9. The molecule has 1 aromatic heterocycles. The molecule has 1 aromatic carbocycles. The van der Waals surface area contributed by atoms with E-state index < -0.39 is 15.8 Å². The highest BCUT2D eigenvalue weighted by molar-refractivity contribution is 7.91. The van der Waals surface area contributed by atoms with Gasteiger partial charge in [-0.2, -0.15) is 0 Å². The summed E-state index contributed by atoms with van der Waals surface area (Å²) in [5, 5.41) is 4.09. The van der Waals surface area contributed by atoms with Crippen LogP contribution >= 0.6 is 11.3 Å². The number of nitrogens with one attached hydrogen (secondary N) is 1. The minimum absolute atomic E-state index is 0.0351. The van der Waals surface area contributed by atoms with Crippen LogP contribution in [0.25, 0.3) is 10.2 Å². The molecule has 2 aliphatic rings. The summed E-state index contributed by atoms with van der Waals surface area (Å²) in [7, 11) is -3.00. The summed E-state index contributed by atoms with van der Waals surface area (Å²) in [6.07, 6.45) is 3.18. The highest BCUT2D eigenvalue weighted by Gasteiger charge is 2.31. The molecular formula is C33H47N3O6S2. The largest absolute Gasteiger partial charge is 0.381 e. The van der Waals surface area contributed by atoms with Crippen molar-refractivity contribution in [1.29, 1.82) is 0 Å². The molecule has 2 saturated heterocycles. The molecule has 2 aromatic rings. The molecule has 0 aliphatic carbocycles. The quantitative estimate of drug-likeness (QED) is 0.281. The molecule has 0 radical (unpaired) electrons. The van der Waals surface area contributed by atoms with Gasteiger partial charge in [0.25, 0.3) is 0 Å². The number of carbonyl (C=O) groups is 3. The van der Waals surface area contributed by atoms with Gasteiger partial charge < -0.3 is 10.1 Å². The minimum Gasteiger partial charge on any atom is -0.381 e. The smallest absolute Gasteiger partial charge is 0.224 e. The van der Waals surface area contributed by atoms with E-state index in [0.29, 0.717) is 63.6 Å². The van der Waals surface area contributed by atoms with Crippen LogP contribution < -0.4 is 5.32 Å². The first-order valence-electron chi connectivity index (χ1n) is 15.9. The minimum atomic E-state index is -3.00. The van der Waals surface area contributed by atoms with Gasteiger partial charge in [0.2, 0.25) is 5.91 Å². The summed E-state index contributed by atoms with van der Waals surface area (Å²) in [6, 6.07) is 6.04. The molecule has 9 nitrogen and oxygen atoms in total. The molecule has 11 heteroatoms. The van der Waals surface area contributed by atoms with Gasteiger partial charge >= 0.3 is 0 Å². The third-order valence-corrected chi connectivity index (χ3v) is 11.5. The SMILES string of the molecule is C=C(CN1CCS(=O)(=O)CC1)C(=O)CC[C@@H](NC(=O)[C@@H](CC(=O)CC)Cc1nc2ccc(C(C)C)cc2s1)C1CCOCC1. The number of sulfone groups is 1. The third kappa shape index (κ3) is 9.76. The molecule has 2 aliphatic heterocycles. The van der Waals surface area contributed by atoms with Crippen LogP contribution in [0.5, 0.6) is 0 Å². The molecule has 3 heterocycles. The van der Waals surface area contributed by atoms with E-state index in [9.17, 15) is 22.8 Å². The van der Waals surface area contributed by atoms with Gasteiger partial charge in [-0.15, -0.1) is 11.3 Å². The van der Waals surface area contributed by atoms with Gasteiger partial charge in [-0.05, 0) is 48.8 Å². The maximum atomic E-state index is 13.8. The fourth-order valence-corrected chi connectivity index (χ4v) is 8.27. The number of aromatic nitrogens is 1. The molecule has 0 unspecified atom stereocenters. The Morgan fingerprint density at radius 3 is 2.52 bits per heavy atom. The normalized spacial score (nSPS) is 19.1. The van der Waals surface area contributed by atoms with Crippen LogP contribution in [0.15, 0.2) is 30.4 Å². The van der Waals surface area contributed by atoms with Crippen LogP contribution in [0.2, 0.25) is 0 Å². The predicted octanol–water partition coefficient (Wildman–Crippen LogP) is 4.49. The lowest BCUT2D eigenvalue weighted by molar-refractivity contribution is -0.130. The van der Waals surface area contributed by atoms with E-state index >= 15 is 0 Å². The number of Topliss-reactive ketones (excluding diaryl/α,β-unsaturated/α-hetero) is 2. The molecule has 1 amide bonds. The van der Waals surface area contributed by atoms with Crippen molar-refractivity contribution in [2.75, 3.05) is 44.4 Å². The second-order valence-corrected chi connectivity index (χ2v) is 16.0. The summed E-state index contributed by atoms with van der Waals surface area (Å²) in [5.74, 6) is 0.0161. The van der Waals surface area contributed by atoms with E-state index in [1.54, 1.807) is 11.3 Å². The van der Waals surface area contributed by atoms with E-state index in [1.807, 2.05) is 17.9 Å². The predicted molar refractivity (Wildman–Crippen MR) is 175 cm³/mol. The molecule has 0 saturated carbocycles. The van der Waals surface area contributed by atoms with E-state index in [2.05, 4.69) is 37.9 Å². The van der Waals surface area contributed by atoms with Crippen molar-refractivity contribution in [3.63, 3.8) is 0 Å². The fourth-order valence-electron chi connectivity index (χ4n) is 5.90. The Balaban J connectivity index is 1.43. The topological polar surface area (TPSA) is 123 Å². The number of fused-ring (bicyclic) bond motifs is 1. The van der Waals surface area contributed by atoms with Crippen LogP contribution in [0.4, 0.5) is 0 Å². The first-order chi connectivity index (χ1) is 20.9. The summed E-state index contributed by atoms with van der Waals surface area (Å²) in [5.41, 5.74) is 2.60. The Morgan fingerprint density at radius 2 is 1.86 bits per heavy atom. The number of amides is 1. The summed E-state index contributed by atoms with van der Waals surface area (Å²) >= 11 is 1.58. The standard InChI is InChI=1S/C33H47N3O6S2/c1-5-27(37)18-26(20-32-34-29-7-6-25(22(2)3)19-31(29)43-32)33(39)35-28(24-10-14-42-15-11-24)8-9-30(38)23(4)21-36-12-16-44(40,41)17-13-36/h6-7,19,22,24,26,28H,4-5,8-18,20-21H2,1-3H3,(H,35,39)/t26-,28+/m0/s1. The lowest BCUT2D eigenvalue weighted by Crippen LogP contribution is -2.46. The van der Waals surface area contributed by atoms with Crippen LogP contribution in [-0.2, 0) is 35.4 Å². The second kappa shape index (κ2) is 15.7. The van der Waals surface area contributed by atoms with Gasteiger partial charge in [-0.1, -0.05) is 33.4 Å². The number of benzene rings is 1. The van der Waals surface area contributed by atoms with Crippen molar-refractivity contribution in [1.82, 2.24) is 15.2 Å². The maximum Gasteiger partial charge on any atom is 0.224 e. The first kappa shape index (κ1) is 34.4. The lowest BCUT2D eigenvalue weighted by Gasteiger charge is -2.32. The molecular weight excluding hydrogens is 599 g/mol. The summed E-state index contributed by atoms with van der Waals surface area (Å²) in [4.78, 5) is 46.3. The third-order valence-electron chi connectivity index (χ3n) is 8.87. The Hall–Kier alpha value is -2.47. The zero-order valence-electron chi connectivity index (χ0n) is 26.3. The molecule has 2 fully saturated rings. The molecule has 44 heavy (non-hydrogen) atoms. The van der Waals surface area contributed by atoms with Crippen LogP contribution in [0.3, 0.4) is 0 Å². The second-order valence-electron chi connectivity index (χ2n) is 12.5. The van der Waals surface area contributed by atoms with Gasteiger partial charge in [0.15, 0.2) is 15.6 Å². The lowest BCUT2D eigenvalue weighted by atomic mass is 9.87. The molecule has 2 atom stereocenters. The van der Waals surface area contributed by atoms with Gasteiger partial charge in [-0.3, -0.25) is 19.3 Å².